The maximum atomic E-state index is 12.7. The number of carbonyl (C=O) groups is 1. The van der Waals surface area contributed by atoms with Gasteiger partial charge in [0, 0.05) is 26.2 Å². The quantitative estimate of drug-likeness (QED) is 0.886. The number of nitrogens with zero attached hydrogens (tertiary/aromatic N) is 5. The van der Waals surface area contributed by atoms with Gasteiger partial charge in [0.05, 0.1) is 0 Å². The van der Waals surface area contributed by atoms with E-state index in [1.165, 1.54) is 7.05 Å². The molecule has 1 amide bonds. The van der Waals surface area contributed by atoms with Gasteiger partial charge in [-0.3, -0.25) is 9.48 Å². The molecule has 0 bridgehead atoms. The van der Waals surface area contributed by atoms with Crippen LogP contribution in [0.2, 0.25) is 0 Å². The molecular formula is C15H19F3N6O2. The molecule has 1 aliphatic rings. The third-order valence-electron chi connectivity index (χ3n) is 4.19. The SMILES string of the molecule is C[C@H](NC(=O)c1cc(C(F)(F)F)nn1C)c1nc(N2CCCCC2)no1. The summed E-state index contributed by atoms with van der Waals surface area (Å²) in [5, 5.41) is 9.79. The zero-order valence-electron chi connectivity index (χ0n) is 14.4. The van der Waals surface area contributed by atoms with Crippen LogP contribution in [0.3, 0.4) is 0 Å². The van der Waals surface area contributed by atoms with Crippen molar-refractivity contribution in [3.63, 3.8) is 0 Å². The lowest BCUT2D eigenvalue weighted by atomic mass is 10.1. The summed E-state index contributed by atoms with van der Waals surface area (Å²) in [5.41, 5.74) is -1.33. The highest BCUT2D eigenvalue weighted by molar-refractivity contribution is 5.92. The molecule has 142 valence electrons. The number of carbonyl (C=O) groups excluding carboxylic acids is 1. The summed E-state index contributed by atoms with van der Waals surface area (Å²) in [4.78, 5) is 18.5. The first-order valence-electron chi connectivity index (χ1n) is 8.26. The Kier molecular flexibility index (Phi) is 4.88. The molecule has 0 radical (unpaired) electrons. The van der Waals surface area contributed by atoms with Gasteiger partial charge in [-0.15, -0.1) is 0 Å². The molecule has 3 rings (SSSR count). The Bertz CT molecular complexity index is 779. The molecule has 26 heavy (non-hydrogen) atoms. The van der Waals surface area contributed by atoms with Crippen LogP contribution in [0, 0.1) is 0 Å². The summed E-state index contributed by atoms with van der Waals surface area (Å²) < 4.78 is 44.2. The summed E-state index contributed by atoms with van der Waals surface area (Å²) in [7, 11) is 1.27. The van der Waals surface area contributed by atoms with Crippen molar-refractivity contribution < 1.29 is 22.5 Å². The summed E-state index contributed by atoms with van der Waals surface area (Å²) in [6.07, 6.45) is -1.34. The van der Waals surface area contributed by atoms with Crippen LogP contribution in [-0.2, 0) is 13.2 Å². The molecule has 0 aromatic carbocycles. The molecule has 1 N–H and O–H groups in total. The van der Waals surface area contributed by atoms with E-state index in [4.69, 9.17) is 4.52 Å². The highest BCUT2D eigenvalue weighted by Crippen LogP contribution is 2.28. The Morgan fingerprint density at radius 3 is 2.62 bits per heavy atom. The van der Waals surface area contributed by atoms with Crippen LogP contribution >= 0.6 is 0 Å². The third kappa shape index (κ3) is 3.81. The maximum Gasteiger partial charge on any atom is 0.435 e. The number of aryl methyl sites for hydroxylation is 1. The van der Waals surface area contributed by atoms with Crippen molar-refractivity contribution in [2.75, 3.05) is 18.0 Å². The van der Waals surface area contributed by atoms with Gasteiger partial charge in [-0.05, 0) is 31.3 Å². The van der Waals surface area contributed by atoms with Crippen molar-refractivity contribution in [1.82, 2.24) is 25.2 Å². The van der Waals surface area contributed by atoms with Gasteiger partial charge in [0.25, 0.3) is 17.7 Å². The van der Waals surface area contributed by atoms with E-state index in [0.29, 0.717) is 12.0 Å². The highest BCUT2D eigenvalue weighted by atomic mass is 19.4. The number of amides is 1. The Hall–Kier alpha value is -2.59. The monoisotopic (exact) mass is 372 g/mol. The average molecular weight is 372 g/mol. The maximum absolute atomic E-state index is 12.7. The average Bonchev–Trinajstić information content (AvgIpc) is 3.22. The number of aromatic nitrogens is 4. The second-order valence-electron chi connectivity index (χ2n) is 6.21. The second kappa shape index (κ2) is 6.96. The normalized spacial score (nSPS) is 16.6. The molecule has 8 nitrogen and oxygen atoms in total. The van der Waals surface area contributed by atoms with Crippen molar-refractivity contribution >= 4 is 11.9 Å². The summed E-state index contributed by atoms with van der Waals surface area (Å²) in [6.45, 7) is 3.30. The molecule has 2 aromatic heterocycles. The molecule has 0 spiro atoms. The number of nitrogens with one attached hydrogen (secondary N) is 1. The van der Waals surface area contributed by atoms with Crippen LogP contribution in [0.4, 0.5) is 19.1 Å². The minimum absolute atomic E-state index is 0.192. The first-order valence-corrected chi connectivity index (χ1v) is 8.26. The molecule has 1 saturated heterocycles. The van der Waals surface area contributed by atoms with E-state index >= 15 is 0 Å². The summed E-state index contributed by atoms with van der Waals surface area (Å²) >= 11 is 0. The van der Waals surface area contributed by atoms with Crippen molar-refractivity contribution in [2.24, 2.45) is 7.05 Å². The van der Waals surface area contributed by atoms with Gasteiger partial charge in [0.2, 0.25) is 0 Å². The van der Waals surface area contributed by atoms with E-state index in [2.05, 4.69) is 20.6 Å². The van der Waals surface area contributed by atoms with Crippen LogP contribution < -0.4 is 10.2 Å². The molecule has 11 heteroatoms. The van der Waals surface area contributed by atoms with Gasteiger partial charge in [0.15, 0.2) is 5.69 Å². The van der Waals surface area contributed by atoms with E-state index in [-0.39, 0.29) is 11.6 Å². The molecule has 1 aliphatic heterocycles. The fourth-order valence-corrected chi connectivity index (χ4v) is 2.78. The minimum Gasteiger partial charge on any atom is -0.339 e. The fraction of sp³-hybridized carbons (Fsp3) is 0.600. The van der Waals surface area contributed by atoms with Crippen LogP contribution in [-0.4, -0.2) is 38.9 Å². The number of hydrogen-bond acceptors (Lipinski definition) is 6. The highest BCUT2D eigenvalue weighted by Gasteiger charge is 2.35. The van der Waals surface area contributed by atoms with E-state index < -0.39 is 23.8 Å². The zero-order chi connectivity index (χ0) is 18.9. The van der Waals surface area contributed by atoms with Gasteiger partial charge in [-0.2, -0.15) is 23.3 Å². The predicted molar refractivity (Wildman–Crippen MR) is 84.5 cm³/mol. The predicted octanol–water partition coefficient (Wildman–Crippen LogP) is 2.30. The second-order valence-corrected chi connectivity index (χ2v) is 6.21. The first kappa shape index (κ1) is 18.2. The molecule has 1 atom stereocenters. The number of alkyl halides is 3. The number of anilines is 1. The topological polar surface area (TPSA) is 89.1 Å². The first-order chi connectivity index (χ1) is 12.3. The van der Waals surface area contributed by atoms with E-state index in [1.807, 2.05) is 4.90 Å². The molecule has 0 saturated carbocycles. The van der Waals surface area contributed by atoms with Gasteiger partial charge in [-0.25, -0.2) is 0 Å². The lowest BCUT2D eigenvalue weighted by Gasteiger charge is -2.24. The lowest BCUT2D eigenvalue weighted by Crippen LogP contribution is -2.30. The lowest BCUT2D eigenvalue weighted by molar-refractivity contribution is -0.141. The van der Waals surface area contributed by atoms with Crippen molar-refractivity contribution in [3.8, 4) is 0 Å². The molecule has 0 aliphatic carbocycles. The standard InChI is InChI=1S/C15H19F3N6O2/c1-9(13-20-14(22-26-13)24-6-4-3-5-7-24)19-12(25)10-8-11(15(16,17)18)21-23(10)2/h8-9H,3-7H2,1-2H3,(H,19,25)/t9-/m0/s1. The number of piperidine rings is 1. The van der Waals surface area contributed by atoms with Crippen LogP contribution in [0.15, 0.2) is 10.6 Å². The molecule has 1 fully saturated rings. The fourth-order valence-electron chi connectivity index (χ4n) is 2.78. The van der Waals surface area contributed by atoms with E-state index in [0.717, 1.165) is 37.0 Å². The van der Waals surface area contributed by atoms with Crippen LogP contribution in [0.1, 0.15) is 54.3 Å². The van der Waals surface area contributed by atoms with Crippen LogP contribution in [0.25, 0.3) is 0 Å². The summed E-state index contributed by atoms with van der Waals surface area (Å²) in [6, 6.07) is 0.0486. The third-order valence-corrected chi connectivity index (χ3v) is 4.19. The Morgan fingerprint density at radius 2 is 2.00 bits per heavy atom. The van der Waals surface area contributed by atoms with E-state index in [9.17, 15) is 18.0 Å². The van der Waals surface area contributed by atoms with Crippen molar-refractivity contribution in [1.29, 1.82) is 0 Å². The van der Waals surface area contributed by atoms with Crippen LogP contribution in [0.5, 0.6) is 0 Å². The molecular weight excluding hydrogens is 353 g/mol. The summed E-state index contributed by atoms with van der Waals surface area (Å²) in [5.74, 6) is -0.0569. The molecule has 3 heterocycles. The van der Waals surface area contributed by atoms with Gasteiger partial charge >= 0.3 is 6.18 Å². The number of halogens is 3. The Balaban J connectivity index is 1.68. The number of rotatable bonds is 4. The number of hydrogen-bond donors (Lipinski definition) is 1. The van der Waals surface area contributed by atoms with E-state index in [1.54, 1.807) is 6.92 Å². The van der Waals surface area contributed by atoms with Crippen molar-refractivity contribution in [3.05, 3.63) is 23.3 Å². The largest absolute Gasteiger partial charge is 0.435 e. The zero-order valence-corrected chi connectivity index (χ0v) is 14.4. The Labute approximate surface area is 147 Å². The molecule has 0 unspecified atom stereocenters. The van der Waals surface area contributed by atoms with Crippen molar-refractivity contribution in [2.45, 2.75) is 38.4 Å². The molecule has 2 aromatic rings. The minimum atomic E-state index is -4.61. The Morgan fingerprint density at radius 1 is 1.31 bits per heavy atom. The van der Waals surface area contributed by atoms with Gasteiger partial charge in [0.1, 0.15) is 11.7 Å². The van der Waals surface area contributed by atoms with Gasteiger partial charge < -0.3 is 14.7 Å². The smallest absolute Gasteiger partial charge is 0.339 e. The van der Waals surface area contributed by atoms with Gasteiger partial charge in [-0.1, -0.05) is 0 Å².